The highest BCUT2D eigenvalue weighted by atomic mass is 16.5. The fourth-order valence-corrected chi connectivity index (χ4v) is 3.00. The van der Waals surface area contributed by atoms with E-state index in [1.807, 2.05) is 10.9 Å². The second-order valence-corrected chi connectivity index (χ2v) is 5.17. The van der Waals surface area contributed by atoms with Crippen LogP contribution < -0.4 is 5.73 Å². The second kappa shape index (κ2) is 5.85. The Morgan fingerprint density at radius 1 is 1.39 bits per heavy atom. The average Bonchev–Trinajstić information content (AvgIpc) is 2.88. The van der Waals surface area contributed by atoms with Crippen molar-refractivity contribution in [3.05, 3.63) is 18.0 Å². The molecule has 18 heavy (non-hydrogen) atoms. The van der Waals surface area contributed by atoms with E-state index in [1.165, 1.54) is 19.3 Å². The topological polar surface area (TPSA) is 53.1 Å². The first-order chi connectivity index (χ1) is 8.72. The summed E-state index contributed by atoms with van der Waals surface area (Å²) in [6, 6.07) is -0.0574. The molecule has 1 heterocycles. The van der Waals surface area contributed by atoms with E-state index >= 15 is 0 Å². The molecule has 0 saturated heterocycles. The van der Waals surface area contributed by atoms with Gasteiger partial charge in [0.05, 0.1) is 17.8 Å². The van der Waals surface area contributed by atoms with Crippen LogP contribution in [0.2, 0.25) is 0 Å². The van der Waals surface area contributed by atoms with Gasteiger partial charge >= 0.3 is 0 Å². The van der Waals surface area contributed by atoms with Crippen LogP contribution >= 0.6 is 0 Å². The van der Waals surface area contributed by atoms with Crippen molar-refractivity contribution in [3.8, 4) is 0 Å². The van der Waals surface area contributed by atoms with Crippen molar-refractivity contribution in [1.82, 2.24) is 9.78 Å². The molecule has 1 aromatic rings. The summed E-state index contributed by atoms with van der Waals surface area (Å²) < 4.78 is 8.00. The van der Waals surface area contributed by atoms with E-state index in [2.05, 4.69) is 25.1 Å². The first-order valence-corrected chi connectivity index (χ1v) is 7.13. The fraction of sp³-hybridized carbons (Fsp3) is 0.786. The molecule has 0 amide bonds. The highest BCUT2D eigenvalue weighted by Crippen LogP contribution is 2.40. The zero-order valence-electron chi connectivity index (χ0n) is 11.6. The van der Waals surface area contributed by atoms with Gasteiger partial charge in [0.1, 0.15) is 0 Å². The molecule has 2 rings (SSSR count). The molecule has 1 unspecified atom stereocenters. The van der Waals surface area contributed by atoms with E-state index in [0.29, 0.717) is 0 Å². The Balaban J connectivity index is 2.18. The van der Waals surface area contributed by atoms with Gasteiger partial charge in [-0.15, -0.1) is 0 Å². The van der Waals surface area contributed by atoms with Crippen molar-refractivity contribution in [2.24, 2.45) is 5.73 Å². The summed E-state index contributed by atoms with van der Waals surface area (Å²) in [6.45, 7) is 5.75. The van der Waals surface area contributed by atoms with E-state index in [1.54, 1.807) is 0 Å². The van der Waals surface area contributed by atoms with Crippen LogP contribution in [0.1, 0.15) is 57.6 Å². The predicted octanol–water partition coefficient (Wildman–Crippen LogP) is 2.64. The van der Waals surface area contributed by atoms with Gasteiger partial charge < -0.3 is 10.5 Å². The van der Waals surface area contributed by atoms with E-state index in [-0.39, 0.29) is 11.6 Å². The van der Waals surface area contributed by atoms with E-state index < -0.39 is 0 Å². The lowest BCUT2D eigenvalue weighted by molar-refractivity contribution is -0.0830. The van der Waals surface area contributed by atoms with Gasteiger partial charge in [-0.3, -0.25) is 4.68 Å². The quantitative estimate of drug-likeness (QED) is 0.875. The molecular formula is C14H25N3O. The third-order valence-corrected chi connectivity index (χ3v) is 4.03. The molecule has 0 bridgehead atoms. The molecule has 0 radical (unpaired) electrons. The molecule has 1 fully saturated rings. The van der Waals surface area contributed by atoms with E-state index in [0.717, 1.165) is 31.6 Å². The van der Waals surface area contributed by atoms with Crippen molar-refractivity contribution in [2.75, 3.05) is 6.61 Å². The molecule has 0 aromatic carbocycles. The number of hydrogen-bond acceptors (Lipinski definition) is 3. The number of hydrogen-bond donors (Lipinski definition) is 1. The minimum atomic E-state index is -0.172. The summed E-state index contributed by atoms with van der Waals surface area (Å²) in [6.07, 6.45) is 9.82. The maximum atomic E-state index is 6.48. The Kier molecular flexibility index (Phi) is 4.40. The molecule has 1 aromatic heterocycles. The van der Waals surface area contributed by atoms with Gasteiger partial charge in [-0.05, 0) is 26.7 Å². The SMILES string of the molecule is CCOC1(C(N)c2cnn(CC)c2)CCCCC1. The molecule has 102 valence electrons. The summed E-state index contributed by atoms with van der Waals surface area (Å²) in [7, 11) is 0. The highest BCUT2D eigenvalue weighted by Gasteiger charge is 2.39. The number of rotatable bonds is 5. The zero-order chi connectivity index (χ0) is 13.0. The zero-order valence-corrected chi connectivity index (χ0v) is 11.6. The van der Waals surface area contributed by atoms with Crippen molar-refractivity contribution < 1.29 is 4.74 Å². The van der Waals surface area contributed by atoms with Crippen LogP contribution in [0, 0.1) is 0 Å². The second-order valence-electron chi connectivity index (χ2n) is 5.17. The highest BCUT2D eigenvalue weighted by molar-refractivity contribution is 5.16. The molecule has 1 aliphatic rings. The summed E-state index contributed by atoms with van der Waals surface area (Å²) in [5.41, 5.74) is 7.41. The minimum Gasteiger partial charge on any atom is -0.373 e. The first-order valence-electron chi connectivity index (χ1n) is 7.13. The fourth-order valence-electron chi connectivity index (χ4n) is 3.00. The molecule has 4 nitrogen and oxygen atoms in total. The molecule has 0 spiro atoms. The lowest BCUT2D eigenvalue weighted by Gasteiger charge is -2.41. The lowest BCUT2D eigenvalue weighted by Crippen LogP contribution is -2.45. The third-order valence-electron chi connectivity index (χ3n) is 4.03. The van der Waals surface area contributed by atoms with Gasteiger partial charge in [-0.25, -0.2) is 0 Å². The molecule has 0 aliphatic heterocycles. The Labute approximate surface area is 110 Å². The van der Waals surface area contributed by atoms with Gasteiger partial charge in [0, 0.05) is 24.9 Å². The Hall–Kier alpha value is -0.870. The van der Waals surface area contributed by atoms with Gasteiger partial charge in [-0.2, -0.15) is 5.10 Å². The first kappa shape index (κ1) is 13.6. The summed E-state index contributed by atoms with van der Waals surface area (Å²) in [5, 5.41) is 4.32. The summed E-state index contributed by atoms with van der Waals surface area (Å²) in [5.74, 6) is 0. The van der Waals surface area contributed by atoms with Crippen LogP contribution in [0.15, 0.2) is 12.4 Å². The number of nitrogens with two attached hydrogens (primary N) is 1. The monoisotopic (exact) mass is 251 g/mol. The number of nitrogens with zero attached hydrogens (tertiary/aromatic N) is 2. The Bertz CT molecular complexity index is 363. The van der Waals surface area contributed by atoms with Crippen molar-refractivity contribution >= 4 is 0 Å². The molecule has 1 atom stereocenters. The normalized spacial score (nSPS) is 20.8. The number of aromatic nitrogens is 2. The van der Waals surface area contributed by atoms with Crippen LogP contribution in [0.25, 0.3) is 0 Å². The molecular weight excluding hydrogens is 226 g/mol. The van der Waals surface area contributed by atoms with Gasteiger partial charge in [0.25, 0.3) is 0 Å². The largest absolute Gasteiger partial charge is 0.373 e. The van der Waals surface area contributed by atoms with Crippen LogP contribution in [0.3, 0.4) is 0 Å². The van der Waals surface area contributed by atoms with Crippen molar-refractivity contribution in [3.63, 3.8) is 0 Å². The Morgan fingerprint density at radius 3 is 2.67 bits per heavy atom. The summed E-state index contributed by atoms with van der Waals surface area (Å²) in [4.78, 5) is 0. The maximum Gasteiger partial charge on any atom is 0.0875 e. The average molecular weight is 251 g/mol. The van der Waals surface area contributed by atoms with Crippen molar-refractivity contribution in [1.29, 1.82) is 0 Å². The van der Waals surface area contributed by atoms with Crippen molar-refractivity contribution in [2.45, 2.75) is 64.1 Å². The van der Waals surface area contributed by atoms with E-state index in [4.69, 9.17) is 10.5 Å². The number of ether oxygens (including phenoxy) is 1. The lowest BCUT2D eigenvalue weighted by atomic mass is 9.77. The Morgan fingerprint density at radius 2 is 2.11 bits per heavy atom. The molecule has 1 aliphatic carbocycles. The van der Waals surface area contributed by atoms with Crippen LogP contribution in [-0.2, 0) is 11.3 Å². The van der Waals surface area contributed by atoms with Gasteiger partial charge in [0.2, 0.25) is 0 Å². The smallest absolute Gasteiger partial charge is 0.0875 e. The minimum absolute atomic E-state index is 0.0574. The van der Waals surface area contributed by atoms with Crippen LogP contribution in [0.4, 0.5) is 0 Å². The molecule has 4 heteroatoms. The van der Waals surface area contributed by atoms with Crippen LogP contribution in [0.5, 0.6) is 0 Å². The number of aryl methyl sites for hydroxylation is 1. The molecule has 1 saturated carbocycles. The summed E-state index contributed by atoms with van der Waals surface area (Å²) >= 11 is 0. The maximum absolute atomic E-state index is 6.48. The van der Waals surface area contributed by atoms with E-state index in [9.17, 15) is 0 Å². The van der Waals surface area contributed by atoms with Gasteiger partial charge in [0.15, 0.2) is 0 Å². The standard InChI is InChI=1S/C14H25N3O/c1-3-17-11-12(10-16-17)13(15)14(18-4-2)8-6-5-7-9-14/h10-11,13H,3-9,15H2,1-2H3. The third kappa shape index (κ3) is 2.59. The molecule has 2 N–H and O–H groups in total. The predicted molar refractivity (Wildman–Crippen MR) is 72.3 cm³/mol. The van der Waals surface area contributed by atoms with Gasteiger partial charge in [-0.1, -0.05) is 19.3 Å². The van der Waals surface area contributed by atoms with Crippen LogP contribution in [-0.4, -0.2) is 22.0 Å².